The number of nitrogens with zero attached hydrogens (tertiary/aromatic N) is 5. The summed E-state index contributed by atoms with van der Waals surface area (Å²) in [7, 11) is 0. The number of aromatic nitrogens is 3. The third-order valence-corrected chi connectivity index (χ3v) is 5.04. The first-order chi connectivity index (χ1) is 13.3. The molecule has 0 atom stereocenters. The van der Waals surface area contributed by atoms with Crippen molar-refractivity contribution in [2.75, 3.05) is 31.1 Å². The van der Waals surface area contributed by atoms with Gasteiger partial charge in [0.15, 0.2) is 0 Å². The number of piperazine rings is 1. The molecule has 4 rings (SSSR count). The van der Waals surface area contributed by atoms with E-state index in [1.807, 2.05) is 33.8 Å². The Kier molecular flexibility index (Phi) is 4.91. The van der Waals surface area contributed by atoms with Crippen LogP contribution in [0.4, 0.5) is 10.5 Å². The van der Waals surface area contributed by atoms with Gasteiger partial charge in [0.2, 0.25) is 0 Å². The van der Waals surface area contributed by atoms with Crippen LogP contribution in [0.5, 0.6) is 0 Å². The third kappa shape index (κ3) is 3.58. The maximum atomic E-state index is 12.6. The minimum Gasteiger partial charge on any atom is -0.368 e. The van der Waals surface area contributed by atoms with Crippen LogP contribution in [-0.4, -0.2) is 51.9 Å². The Labute approximate surface area is 158 Å². The fraction of sp³-hybridized carbons (Fsp3) is 0.350. The predicted octanol–water partition coefficient (Wildman–Crippen LogP) is 2.48. The Morgan fingerprint density at radius 3 is 2.56 bits per heavy atom. The van der Waals surface area contributed by atoms with E-state index in [2.05, 4.69) is 39.4 Å². The minimum atomic E-state index is -0.0282. The van der Waals surface area contributed by atoms with Gasteiger partial charge in [-0.3, -0.25) is 9.67 Å². The number of carbonyl (C=O) groups excluding carboxylic acids is 1. The number of para-hydroxylation sites is 1. The number of fused-ring (bicyclic) bond motifs is 1. The van der Waals surface area contributed by atoms with Gasteiger partial charge in [0.1, 0.15) is 0 Å². The minimum absolute atomic E-state index is 0.0282. The van der Waals surface area contributed by atoms with Crippen LogP contribution in [0.25, 0.3) is 10.9 Å². The molecule has 1 aliphatic heterocycles. The summed E-state index contributed by atoms with van der Waals surface area (Å²) in [6, 6.07) is 12.1. The molecule has 0 spiro atoms. The van der Waals surface area contributed by atoms with Crippen LogP contribution < -0.4 is 10.2 Å². The number of hydrogen-bond donors (Lipinski definition) is 1. The van der Waals surface area contributed by atoms with Crippen LogP contribution >= 0.6 is 0 Å². The summed E-state index contributed by atoms with van der Waals surface area (Å²) in [6.07, 6.45) is 3.60. The molecular weight excluding hydrogens is 340 g/mol. The lowest BCUT2D eigenvalue weighted by molar-refractivity contribution is 0.194. The first-order valence-electron chi connectivity index (χ1n) is 9.38. The second-order valence-electron chi connectivity index (χ2n) is 6.62. The summed E-state index contributed by atoms with van der Waals surface area (Å²) in [6.45, 7) is 6.39. The molecule has 7 nitrogen and oxygen atoms in total. The molecule has 1 N–H and O–H groups in total. The molecule has 0 aliphatic carbocycles. The Morgan fingerprint density at radius 2 is 1.81 bits per heavy atom. The lowest BCUT2D eigenvalue weighted by Gasteiger charge is -2.35. The van der Waals surface area contributed by atoms with Crippen molar-refractivity contribution in [3.8, 4) is 0 Å². The highest BCUT2D eigenvalue weighted by Crippen LogP contribution is 2.18. The SMILES string of the molecule is CCn1nc(CNC(=O)N2CCN(c3ccncc3)CC2)c2ccccc21. The van der Waals surface area contributed by atoms with Crippen LogP contribution in [0.1, 0.15) is 12.6 Å². The van der Waals surface area contributed by atoms with Crippen molar-refractivity contribution in [3.63, 3.8) is 0 Å². The molecule has 1 aromatic carbocycles. The van der Waals surface area contributed by atoms with Crippen molar-refractivity contribution in [2.45, 2.75) is 20.0 Å². The molecule has 1 fully saturated rings. The highest BCUT2D eigenvalue weighted by atomic mass is 16.2. The number of aryl methyl sites for hydroxylation is 1. The first kappa shape index (κ1) is 17.3. The summed E-state index contributed by atoms with van der Waals surface area (Å²) in [5.74, 6) is 0. The van der Waals surface area contributed by atoms with E-state index < -0.39 is 0 Å². The van der Waals surface area contributed by atoms with E-state index in [9.17, 15) is 4.79 Å². The zero-order valence-electron chi connectivity index (χ0n) is 15.5. The zero-order chi connectivity index (χ0) is 18.6. The van der Waals surface area contributed by atoms with E-state index in [-0.39, 0.29) is 6.03 Å². The number of carbonyl (C=O) groups is 1. The average Bonchev–Trinajstić information content (AvgIpc) is 3.11. The van der Waals surface area contributed by atoms with Crippen LogP contribution in [0.15, 0.2) is 48.8 Å². The highest BCUT2D eigenvalue weighted by Gasteiger charge is 2.21. The van der Waals surface area contributed by atoms with Crippen molar-refractivity contribution in [2.24, 2.45) is 0 Å². The zero-order valence-corrected chi connectivity index (χ0v) is 15.5. The topological polar surface area (TPSA) is 66.3 Å². The number of anilines is 1. The lowest BCUT2D eigenvalue weighted by Crippen LogP contribution is -2.51. The van der Waals surface area contributed by atoms with E-state index in [0.29, 0.717) is 19.6 Å². The summed E-state index contributed by atoms with van der Waals surface area (Å²) < 4.78 is 1.98. The van der Waals surface area contributed by atoms with Crippen molar-refractivity contribution < 1.29 is 4.79 Å². The quantitative estimate of drug-likeness (QED) is 0.772. The van der Waals surface area contributed by atoms with Gasteiger partial charge < -0.3 is 15.1 Å². The van der Waals surface area contributed by atoms with Crippen LogP contribution in [0, 0.1) is 0 Å². The maximum Gasteiger partial charge on any atom is 0.317 e. The van der Waals surface area contributed by atoms with E-state index in [1.54, 1.807) is 12.4 Å². The number of pyridine rings is 1. The second-order valence-corrected chi connectivity index (χ2v) is 6.62. The number of urea groups is 1. The third-order valence-electron chi connectivity index (χ3n) is 5.04. The fourth-order valence-electron chi connectivity index (χ4n) is 3.56. The van der Waals surface area contributed by atoms with Crippen molar-refractivity contribution in [1.29, 1.82) is 0 Å². The fourth-order valence-corrected chi connectivity index (χ4v) is 3.56. The average molecular weight is 364 g/mol. The number of rotatable bonds is 4. The number of benzene rings is 1. The van der Waals surface area contributed by atoms with E-state index in [1.165, 1.54) is 0 Å². The smallest absolute Gasteiger partial charge is 0.317 e. The molecule has 0 radical (unpaired) electrons. The summed E-state index contributed by atoms with van der Waals surface area (Å²) in [5, 5.41) is 8.78. The molecule has 3 heterocycles. The molecule has 2 aromatic heterocycles. The van der Waals surface area contributed by atoms with Crippen molar-refractivity contribution in [3.05, 3.63) is 54.5 Å². The summed E-state index contributed by atoms with van der Waals surface area (Å²) >= 11 is 0. The van der Waals surface area contributed by atoms with Gasteiger partial charge in [0, 0.05) is 56.2 Å². The number of hydrogen-bond acceptors (Lipinski definition) is 4. The molecule has 3 aromatic rings. The highest BCUT2D eigenvalue weighted by molar-refractivity contribution is 5.82. The molecular formula is C20H24N6O. The van der Waals surface area contributed by atoms with E-state index in [0.717, 1.165) is 41.9 Å². The second kappa shape index (κ2) is 7.65. The van der Waals surface area contributed by atoms with Crippen LogP contribution in [0.3, 0.4) is 0 Å². The molecule has 0 saturated carbocycles. The van der Waals surface area contributed by atoms with Gasteiger partial charge in [-0.05, 0) is 25.1 Å². The molecule has 0 bridgehead atoms. The molecule has 7 heteroatoms. The molecule has 0 unspecified atom stereocenters. The normalized spacial score (nSPS) is 14.6. The Morgan fingerprint density at radius 1 is 1.07 bits per heavy atom. The van der Waals surface area contributed by atoms with Crippen LogP contribution in [-0.2, 0) is 13.1 Å². The van der Waals surface area contributed by atoms with Gasteiger partial charge in [0.05, 0.1) is 17.8 Å². The Hall–Kier alpha value is -3.09. The number of amides is 2. The Balaban J connectivity index is 1.36. The van der Waals surface area contributed by atoms with Gasteiger partial charge in [-0.2, -0.15) is 5.10 Å². The summed E-state index contributed by atoms with van der Waals surface area (Å²) in [5.41, 5.74) is 3.17. The summed E-state index contributed by atoms with van der Waals surface area (Å²) in [4.78, 5) is 20.8. The van der Waals surface area contributed by atoms with Crippen molar-refractivity contribution in [1.82, 2.24) is 25.0 Å². The van der Waals surface area contributed by atoms with E-state index in [4.69, 9.17) is 0 Å². The molecule has 2 amide bonds. The van der Waals surface area contributed by atoms with Gasteiger partial charge in [-0.1, -0.05) is 18.2 Å². The van der Waals surface area contributed by atoms with Crippen LogP contribution in [0.2, 0.25) is 0 Å². The van der Waals surface area contributed by atoms with Gasteiger partial charge in [-0.15, -0.1) is 0 Å². The molecule has 1 aliphatic rings. The molecule has 1 saturated heterocycles. The molecule has 140 valence electrons. The van der Waals surface area contributed by atoms with Gasteiger partial charge in [-0.25, -0.2) is 4.79 Å². The standard InChI is InChI=1S/C20H24N6O/c1-2-26-19-6-4-3-5-17(19)18(23-26)15-22-20(27)25-13-11-24(12-14-25)16-7-9-21-10-8-16/h3-10H,2,11-15H2,1H3,(H,22,27). The monoisotopic (exact) mass is 364 g/mol. The lowest BCUT2D eigenvalue weighted by atomic mass is 10.2. The van der Waals surface area contributed by atoms with E-state index >= 15 is 0 Å². The largest absolute Gasteiger partial charge is 0.368 e. The van der Waals surface area contributed by atoms with Gasteiger partial charge in [0.25, 0.3) is 0 Å². The predicted molar refractivity (Wildman–Crippen MR) is 106 cm³/mol. The van der Waals surface area contributed by atoms with Gasteiger partial charge >= 0.3 is 6.03 Å². The van der Waals surface area contributed by atoms with Crippen molar-refractivity contribution >= 4 is 22.6 Å². The number of nitrogens with one attached hydrogen (secondary N) is 1. The Bertz CT molecular complexity index is 915. The molecule has 27 heavy (non-hydrogen) atoms. The maximum absolute atomic E-state index is 12.6. The first-order valence-corrected chi connectivity index (χ1v) is 9.38.